The molecular weight excluding hydrogens is 354 g/mol. The first-order chi connectivity index (χ1) is 9.41. The predicted octanol–water partition coefficient (Wildman–Crippen LogP) is 4.07. The first kappa shape index (κ1) is 18.6. The normalized spacial score (nSPS) is 12.5. The molecule has 8 heteroatoms. The number of carbonyl (C=O) groups is 1. The van der Waals surface area contributed by atoms with Crippen LogP contribution in [0.1, 0.15) is 10.4 Å². The number of benzene rings is 1. The molecule has 0 saturated carbocycles. The van der Waals surface area contributed by atoms with Gasteiger partial charge in [0.25, 0.3) is 0 Å². The summed E-state index contributed by atoms with van der Waals surface area (Å²) in [5.74, 6) is -2.23. The molecule has 0 unspecified atom stereocenters. The third-order valence-corrected chi connectivity index (χ3v) is 7.07. The second-order valence-corrected chi connectivity index (χ2v) is 14.7. The predicted molar refractivity (Wildman–Crippen MR) is 87.6 cm³/mol. The molecule has 3 nitrogen and oxygen atoms in total. The third-order valence-electron chi connectivity index (χ3n) is 2.82. The molecule has 21 heavy (non-hydrogen) atoms. The molecule has 0 fully saturated rings. The van der Waals surface area contributed by atoms with E-state index in [4.69, 9.17) is 23.2 Å². The minimum Gasteiger partial charge on any atom is -0.293 e. The van der Waals surface area contributed by atoms with Gasteiger partial charge in [0, 0.05) is 19.4 Å². The van der Waals surface area contributed by atoms with Crippen molar-refractivity contribution in [3.8, 4) is 0 Å². The van der Waals surface area contributed by atoms with Gasteiger partial charge in [-0.3, -0.25) is 4.79 Å². The van der Waals surface area contributed by atoms with Gasteiger partial charge in [-0.2, -0.15) is 0 Å². The van der Waals surface area contributed by atoms with Crippen molar-refractivity contribution >= 4 is 46.9 Å². The van der Waals surface area contributed by atoms with E-state index in [1.54, 1.807) is 0 Å². The van der Waals surface area contributed by atoms with Crippen LogP contribution in [0.5, 0.6) is 0 Å². The third kappa shape index (κ3) is 6.06. The Morgan fingerprint density at radius 3 is 2.29 bits per heavy atom. The lowest BCUT2D eigenvalue weighted by Gasteiger charge is -2.15. The number of carbonyl (C=O) groups excluding carboxylic acids is 1. The van der Waals surface area contributed by atoms with Gasteiger partial charge in [0.05, 0.1) is 10.0 Å². The van der Waals surface area contributed by atoms with Gasteiger partial charge >= 0.3 is 0 Å². The number of sulfone groups is 1. The number of hydrogen-bond acceptors (Lipinski definition) is 3. The Kier molecular flexibility index (Phi) is 6.00. The lowest BCUT2D eigenvalue weighted by Crippen LogP contribution is -2.27. The molecule has 1 rings (SSSR count). The van der Waals surface area contributed by atoms with Crippen LogP contribution in [-0.4, -0.2) is 33.8 Å². The van der Waals surface area contributed by atoms with Crippen molar-refractivity contribution in [3.05, 3.63) is 33.6 Å². The van der Waals surface area contributed by atoms with E-state index in [0.717, 1.165) is 12.1 Å². The molecule has 0 N–H and O–H groups in total. The van der Waals surface area contributed by atoms with Crippen molar-refractivity contribution in [1.82, 2.24) is 0 Å². The summed E-state index contributed by atoms with van der Waals surface area (Å²) < 4.78 is 37.3. The summed E-state index contributed by atoms with van der Waals surface area (Å²) in [5, 5.41) is -0.259. The van der Waals surface area contributed by atoms with Gasteiger partial charge in [-0.05, 0) is 18.2 Å². The maximum absolute atomic E-state index is 13.4. The fourth-order valence-electron chi connectivity index (χ4n) is 1.55. The van der Waals surface area contributed by atoms with Crippen molar-refractivity contribution in [2.45, 2.75) is 25.7 Å². The molecule has 0 saturated heterocycles. The van der Waals surface area contributed by atoms with Gasteiger partial charge in [0.2, 0.25) is 0 Å². The zero-order valence-corrected chi connectivity index (χ0v) is 15.4. The number of halogens is 3. The molecule has 0 bridgehead atoms. The minimum absolute atomic E-state index is 0.0395. The van der Waals surface area contributed by atoms with E-state index in [-0.39, 0.29) is 21.4 Å². The Balaban J connectivity index is 2.89. The Bertz CT molecular complexity index is 654. The van der Waals surface area contributed by atoms with Crippen LogP contribution in [0, 0.1) is 5.82 Å². The van der Waals surface area contributed by atoms with Crippen LogP contribution in [-0.2, 0) is 9.84 Å². The largest absolute Gasteiger partial charge is 0.293 e. The Labute approximate surface area is 135 Å². The minimum atomic E-state index is -3.53. The quantitative estimate of drug-likeness (QED) is 0.430. The second kappa shape index (κ2) is 6.77. The van der Waals surface area contributed by atoms with E-state index >= 15 is 0 Å². The average Bonchev–Trinajstić information content (AvgIpc) is 2.30. The molecule has 0 heterocycles. The summed E-state index contributed by atoms with van der Waals surface area (Å²) in [4.78, 5) is 12.0. The van der Waals surface area contributed by atoms with Gasteiger partial charge in [-0.25, -0.2) is 12.8 Å². The van der Waals surface area contributed by atoms with Gasteiger partial charge < -0.3 is 0 Å². The molecule has 118 valence electrons. The van der Waals surface area contributed by atoms with Crippen LogP contribution >= 0.6 is 23.2 Å². The summed E-state index contributed by atoms with van der Waals surface area (Å²) in [5.41, 5.74) is -0.157. The highest BCUT2D eigenvalue weighted by atomic mass is 35.5. The Morgan fingerprint density at radius 1 is 1.19 bits per heavy atom. The molecule has 0 aliphatic heterocycles. The molecular formula is C13H17Cl2FO3SSi. The summed E-state index contributed by atoms with van der Waals surface area (Å²) >= 11 is 11.4. The van der Waals surface area contributed by atoms with Gasteiger partial charge in [0.1, 0.15) is 11.6 Å². The summed E-state index contributed by atoms with van der Waals surface area (Å²) in [7, 11) is -5.05. The van der Waals surface area contributed by atoms with Crippen LogP contribution < -0.4 is 0 Å². The molecule has 0 aromatic heterocycles. The maximum atomic E-state index is 13.4. The van der Waals surface area contributed by atoms with Crippen LogP contribution in [0.15, 0.2) is 12.1 Å². The fraction of sp³-hybridized carbons (Fsp3) is 0.462. The molecule has 1 aromatic rings. The highest BCUT2D eigenvalue weighted by Gasteiger charge is 2.24. The molecule has 0 radical (unpaired) electrons. The molecule has 0 aliphatic carbocycles. The van der Waals surface area contributed by atoms with Crippen molar-refractivity contribution in [3.63, 3.8) is 0 Å². The number of Topliss-reactive ketones (excluding diaryl/α,β-unsaturated/α-hetero) is 1. The zero-order valence-electron chi connectivity index (χ0n) is 12.0. The fourth-order valence-corrected chi connectivity index (χ4v) is 6.43. The van der Waals surface area contributed by atoms with Gasteiger partial charge in [0.15, 0.2) is 15.6 Å². The average molecular weight is 371 g/mol. The topological polar surface area (TPSA) is 51.2 Å². The van der Waals surface area contributed by atoms with E-state index in [1.165, 1.54) is 0 Å². The lowest BCUT2D eigenvalue weighted by molar-refractivity contribution is 0.102. The van der Waals surface area contributed by atoms with Crippen molar-refractivity contribution in [2.24, 2.45) is 0 Å². The number of hydrogen-bond donors (Lipinski definition) is 0. The van der Waals surface area contributed by atoms with E-state index in [0.29, 0.717) is 6.04 Å². The number of ketones is 1. The Hall–Kier alpha value is -0.433. The molecule has 0 amide bonds. The molecule has 0 atom stereocenters. The van der Waals surface area contributed by atoms with Gasteiger partial charge in [-0.1, -0.05) is 42.8 Å². The van der Waals surface area contributed by atoms with Crippen molar-refractivity contribution in [1.29, 1.82) is 0 Å². The molecule has 0 spiro atoms. The van der Waals surface area contributed by atoms with E-state index in [1.807, 2.05) is 0 Å². The summed E-state index contributed by atoms with van der Waals surface area (Å²) in [6.45, 7) is 6.15. The molecule has 0 aliphatic rings. The zero-order chi connectivity index (χ0) is 16.4. The highest BCUT2D eigenvalue weighted by molar-refractivity contribution is 7.92. The van der Waals surface area contributed by atoms with E-state index < -0.39 is 35.3 Å². The smallest absolute Gasteiger partial charge is 0.179 e. The van der Waals surface area contributed by atoms with Gasteiger partial charge in [-0.15, -0.1) is 0 Å². The van der Waals surface area contributed by atoms with Crippen LogP contribution in [0.3, 0.4) is 0 Å². The van der Waals surface area contributed by atoms with Crippen molar-refractivity contribution in [2.75, 3.05) is 11.5 Å². The number of rotatable bonds is 6. The van der Waals surface area contributed by atoms with E-state index in [2.05, 4.69) is 19.6 Å². The monoisotopic (exact) mass is 370 g/mol. The first-order valence-electron chi connectivity index (χ1n) is 6.29. The van der Waals surface area contributed by atoms with Crippen molar-refractivity contribution < 1.29 is 17.6 Å². The second-order valence-electron chi connectivity index (χ2n) is 6.07. The van der Waals surface area contributed by atoms with Crippen LogP contribution in [0.25, 0.3) is 0 Å². The first-order valence-corrected chi connectivity index (χ1v) is 12.6. The van der Waals surface area contributed by atoms with Crippen LogP contribution in [0.4, 0.5) is 4.39 Å². The Morgan fingerprint density at radius 2 is 1.76 bits per heavy atom. The standard InChI is InChI=1S/C13H17Cl2FO3SSi/c1-21(2,3)5-4-20(18,19)8-13(17)9-6-12(16)11(15)7-10(9)14/h6-7H,4-5,8H2,1-3H3. The maximum Gasteiger partial charge on any atom is 0.179 e. The highest BCUT2D eigenvalue weighted by Crippen LogP contribution is 2.25. The molecule has 1 aromatic carbocycles. The summed E-state index contributed by atoms with van der Waals surface area (Å²) in [6, 6.07) is 2.55. The summed E-state index contributed by atoms with van der Waals surface area (Å²) in [6.07, 6.45) is 0. The van der Waals surface area contributed by atoms with Crippen LogP contribution in [0.2, 0.25) is 35.7 Å². The SMILES string of the molecule is C[Si](C)(C)CCS(=O)(=O)CC(=O)c1cc(F)c(Cl)cc1Cl. The lowest BCUT2D eigenvalue weighted by atomic mass is 10.1. The van der Waals surface area contributed by atoms with E-state index in [9.17, 15) is 17.6 Å².